The molecule has 9 heteroatoms. The first-order valence-corrected chi connectivity index (χ1v) is 8.53. The second kappa shape index (κ2) is 8.43. The number of nitrogens with one attached hydrogen (secondary N) is 1. The minimum absolute atomic E-state index is 0.149. The zero-order chi connectivity index (χ0) is 20.3. The highest BCUT2D eigenvalue weighted by atomic mass is 19.1. The zero-order valence-corrected chi connectivity index (χ0v) is 15.2. The molecule has 148 valence electrons. The fourth-order valence-corrected chi connectivity index (χ4v) is 2.91. The number of amides is 2. The Labute approximate surface area is 155 Å². The number of ether oxygens (including phenoxy) is 1. The molecule has 1 aromatic carbocycles. The third-order valence-corrected chi connectivity index (χ3v) is 4.26. The van der Waals surface area contributed by atoms with Crippen molar-refractivity contribution in [1.29, 1.82) is 0 Å². The van der Waals surface area contributed by atoms with Crippen molar-refractivity contribution in [2.45, 2.75) is 39.0 Å². The Kier molecular flexibility index (Phi) is 6.48. The van der Waals surface area contributed by atoms with Crippen molar-refractivity contribution in [3.05, 3.63) is 35.4 Å². The fraction of sp³-hybridized carbons (Fsp3) is 0.500. The van der Waals surface area contributed by atoms with Crippen LogP contribution in [0.4, 0.5) is 8.78 Å². The molecule has 2 rings (SSSR count). The monoisotopic (exact) mass is 384 g/mol. The van der Waals surface area contributed by atoms with Crippen LogP contribution >= 0.6 is 0 Å². The summed E-state index contributed by atoms with van der Waals surface area (Å²) >= 11 is 0. The lowest BCUT2D eigenvalue weighted by Gasteiger charge is -2.37. The Balaban J connectivity index is 2.20. The number of aliphatic carboxylic acids is 1. The Hall–Kier alpha value is -2.55. The number of morpholine rings is 1. The van der Waals surface area contributed by atoms with Crippen LogP contribution in [0.2, 0.25) is 0 Å². The molecule has 0 aromatic heterocycles. The van der Waals surface area contributed by atoms with Crippen LogP contribution in [0, 0.1) is 17.6 Å². The molecule has 0 aliphatic carbocycles. The van der Waals surface area contributed by atoms with E-state index in [4.69, 9.17) is 9.84 Å². The topological polar surface area (TPSA) is 95.9 Å². The van der Waals surface area contributed by atoms with Gasteiger partial charge in [0.05, 0.1) is 12.6 Å². The van der Waals surface area contributed by atoms with E-state index < -0.39 is 59.1 Å². The van der Waals surface area contributed by atoms with Gasteiger partial charge in [-0.3, -0.25) is 9.59 Å². The van der Waals surface area contributed by atoms with E-state index in [0.29, 0.717) is 0 Å². The molecule has 7 nitrogen and oxygen atoms in total. The van der Waals surface area contributed by atoms with Crippen molar-refractivity contribution in [3.8, 4) is 0 Å². The molecule has 2 unspecified atom stereocenters. The van der Waals surface area contributed by atoms with Gasteiger partial charge in [-0.15, -0.1) is 0 Å². The van der Waals surface area contributed by atoms with Crippen molar-refractivity contribution in [2.75, 3.05) is 13.1 Å². The van der Waals surface area contributed by atoms with Gasteiger partial charge < -0.3 is 20.1 Å². The van der Waals surface area contributed by atoms with Gasteiger partial charge in [-0.2, -0.15) is 0 Å². The summed E-state index contributed by atoms with van der Waals surface area (Å²) in [5.41, 5.74) is -0.769. The van der Waals surface area contributed by atoms with E-state index >= 15 is 0 Å². The van der Waals surface area contributed by atoms with Gasteiger partial charge in [0.15, 0.2) is 6.10 Å². The Bertz CT molecular complexity index is 720. The van der Waals surface area contributed by atoms with Crippen LogP contribution in [0.25, 0.3) is 0 Å². The molecule has 1 aliphatic rings. The maximum atomic E-state index is 13.8. The molecule has 3 atom stereocenters. The van der Waals surface area contributed by atoms with E-state index in [2.05, 4.69) is 5.32 Å². The molecule has 1 fully saturated rings. The largest absolute Gasteiger partial charge is 0.479 e. The number of nitrogens with zero attached hydrogens (tertiary/aromatic N) is 1. The third-order valence-electron chi connectivity index (χ3n) is 4.26. The molecule has 1 aliphatic heterocycles. The van der Waals surface area contributed by atoms with Crippen LogP contribution in [-0.4, -0.2) is 59.1 Å². The number of carboxylic acids is 1. The van der Waals surface area contributed by atoms with Crippen LogP contribution in [0.15, 0.2) is 18.2 Å². The molecule has 1 saturated heterocycles. The van der Waals surface area contributed by atoms with Gasteiger partial charge >= 0.3 is 5.97 Å². The third kappa shape index (κ3) is 4.79. The van der Waals surface area contributed by atoms with Crippen molar-refractivity contribution in [3.63, 3.8) is 0 Å². The summed E-state index contributed by atoms with van der Waals surface area (Å²) < 4.78 is 32.9. The average Bonchev–Trinajstić information content (AvgIpc) is 2.58. The summed E-state index contributed by atoms with van der Waals surface area (Å²) in [6.07, 6.45) is -1.68. The molecule has 0 saturated carbocycles. The number of benzene rings is 1. The lowest BCUT2D eigenvalue weighted by Crippen LogP contribution is -2.58. The first-order valence-electron chi connectivity index (χ1n) is 8.53. The molecular formula is C18H22F2N2O5. The summed E-state index contributed by atoms with van der Waals surface area (Å²) in [7, 11) is 0. The van der Waals surface area contributed by atoms with Crippen LogP contribution in [-0.2, 0) is 14.3 Å². The molecule has 0 radical (unpaired) electrons. The summed E-state index contributed by atoms with van der Waals surface area (Å²) in [4.78, 5) is 37.7. The average molecular weight is 384 g/mol. The standard InChI is InChI=1S/C18H22F2N2O5/c1-9(2)15(21-16(23)14-11(19)5-4-6-12(14)20)17(24)22-7-10(3)27-13(8-22)18(25)26/h4-6,9-10,13,15H,7-8H2,1-3H3,(H,21,23)(H,25,26)/t10-,13?,15?/m1/s1. The van der Waals surface area contributed by atoms with Crippen LogP contribution < -0.4 is 5.32 Å². The van der Waals surface area contributed by atoms with Crippen LogP contribution in [0.3, 0.4) is 0 Å². The summed E-state index contributed by atoms with van der Waals surface area (Å²) in [6, 6.07) is 1.96. The lowest BCUT2D eigenvalue weighted by atomic mass is 10.0. The van der Waals surface area contributed by atoms with E-state index in [1.54, 1.807) is 20.8 Å². The smallest absolute Gasteiger partial charge is 0.334 e. The normalized spacial score (nSPS) is 21.0. The number of carbonyl (C=O) groups excluding carboxylic acids is 2. The number of carboxylic acid groups (broad SMARTS) is 1. The first kappa shape index (κ1) is 20.8. The van der Waals surface area contributed by atoms with Gasteiger partial charge in [-0.1, -0.05) is 19.9 Å². The van der Waals surface area contributed by atoms with E-state index in [9.17, 15) is 23.2 Å². The molecule has 1 heterocycles. The second-order valence-electron chi connectivity index (χ2n) is 6.81. The number of rotatable bonds is 5. The van der Waals surface area contributed by atoms with E-state index in [1.165, 1.54) is 4.90 Å². The first-order chi connectivity index (χ1) is 12.6. The van der Waals surface area contributed by atoms with Gasteiger partial charge in [0.1, 0.15) is 23.2 Å². The van der Waals surface area contributed by atoms with Gasteiger partial charge in [-0.05, 0) is 25.0 Å². The minimum atomic E-state index is -1.20. The predicted molar refractivity (Wildman–Crippen MR) is 91.0 cm³/mol. The number of hydrogen-bond donors (Lipinski definition) is 2. The van der Waals surface area contributed by atoms with Gasteiger partial charge in [0, 0.05) is 6.54 Å². The number of hydrogen-bond acceptors (Lipinski definition) is 4. The van der Waals surface area contributed by atoms with Gasteiger partial charge in [-0.25, -0.2) is 13.6 Å². The summed E-state index contributed by atoms with van der Waals surface area (Å²) in [5, 5.41) is 11.5. The maximum absolute atomic E-state index is 13.8. The lowest BCUT2D eigenvalue weighted by molar-refractivity contribution is -0.167. The van der Waals surface area contributed by atoms with E-state index in [-0.39, 0.29) is 13.1 Å². The fourth-order valence-electron chi connectivity index (χ4n) is 2.91. The molecule has 27 heavy (non-hydrogen) atoms. The van der Waals surface area contributed by atoms with Crippen molar-refractivity contribution in [2.24, 2.45) is 5.92 Å². The number of halogens is 2. The quantitative estimate of drug-likeness (QED) is 0.801. The SMILES string of the molecule is CC(C)C(NC(=O)c1c(F)cccc1F)C(=O)N1CC(C(=O)O)O[C@H](C)C1. The Morgan fingerprint density at radius 1 is 1.22 bits per heavy atom. The molecule has 2 N–H and O–H groups in total. The minimum Gasteiger partial charge on any atom is -0.479 e. The van der Waals surface area contributed by atoms with Crippen molar-refractivity contribution >= 4 is 17.8 Å². The highest BCUT2D eigenvalue weighted by Gasteiger charge is 2.37. The van der Waals surface area contributed by atoms with Crippen molar-refractivity contribution in [1.82, 2.24) is 10.2 Å². The maximum Gasteiger partial charge on any atom is 0.334 e. The Morgan fingerprint density at radius 3 is 2.33 bits per heavy atom. The number of carbonyl (C=O) groups is 3. The van der Waals surface area contributed by atoms with E-state index in [0.717, 1.165) is 18.2 Å². The van der Waals surface area contributed by atoms with Gasteiger partial charge in [0.2, 0.25) is 5.91 Å². The molecule has 0 bridgehead atoms. The Morgan fingerprint density at radius 2 is 1.81 bits per heavy atom. The molecule has 1 aromatic rings. The summed E-state index contributed by atoms with van der Waals surface area (Å²) in [5.74, 6) is -5.23. The zero-order valence-electron chi connectivity index (χ0n) is 15.2. The highest BCUT2D eigenvalue weighted by Crippen LogP contribution is 2.17. The predicted octanol–water partition coefficient (Wildman–Crippen LogP) is 1.42. The van der Waals surface area contributed by atoms with Crippen molar-refractivity contribution < 1.29 is 33.0 Å². The van der Waals surface area contributed by atoms with Crippen LogP contribution in [0.1, 0.15) is 31.1 Å². The second-order valence-corrected chi connectivity index (χ2v) is 6.81. The van der Waals surface area contributed by atoms with E-state index in [1.807, 2.05) is 0 Å². The summed E-state index contributed by atoms with van der Waals surface area (Å²) in [6.45, 7) is 4.94. The highest BCUT2D eigenvalue weighted by molar-refractivity contribution is 5.98. The van der Waals surface area contributed by atoms with Crippen LogP contribution in [0.5, 0.6) is 0 Å². The molecule has 2 amide bonds. The molecule has 0 spiro atoms. The van der Waals surface area contributed by atoms with Gasteiger partial charge in [0.25, 0.3) is 5.91 Å². The molecular weight excluding hydrogens is 362 g/mol.